The molecule has 6 rings (SSSR count). The summed E-state index contributed by atoms with van der Waals surface area (Å²) in [6.07, 6.45) is 12.1. The van der Waals surface area contributed by atoms with E-state index in [1.807, 2.05) is 12.1 Å². The average Bonchev–Trinajstić information content (AvgIpc) is 2.76. The van der Waals surface area contributed by atoms with Crippen molar-refractivity contribution in [3.05, 3.63) is 34.6 Å². The van der Waals surface area contributed by atoms with Crippen molar-refractivity contribution in [1.29, 1.82) is 0 Å². The molecule has 1 aromatic heterocycles. The van der Waals surface area contributed by atoms with E-state index < -0.39 is 18.6 Å². The monoisotopic (exact) mass is 485 g/mol. The number of benzene rings is 1. The predicted octanol–water partition coefficient (Wildman–Crippen LogP) is 3.97. The Hall–Kier alpha value is -1.53. The van der Waals surface area contributed by atoms with Gasteiger partial charge in [-0.1, -0.05) is 25.5 Å². The lowest BCUT2D eigenvalue weighted by molar-refractivity contribution is -0.0524. The number of nitrogens with zero attached hydrogens (tertiary/aromatic N) is 3. The Balaban J connectivity index is 1.34. The van der Waals surface area contributed by atoms with Crippen molar-refractivity contribution in [3.63, 3.8) is 0 Å². The van der Waals surface area contributed by atoms with E-state index in [0.29, 0.717) is 29.2 Å². The van der Waals surface area contributed by atoms with E-state index in [4.69, 9.17) is 0 Å². The minimum atomic E-state index is -4.77. The first-order chi connectivity index (χ1) is 16.3. The molecule has 1 aromatic carbocycles. The lowest BCUT2D eigenvalue weighted by Crippen LogP contribution is -2.59. The van der Waals surface area contributed by atoms with E-state index in [1.165, 1.54) is 38.5 Å². The van der Waals surface area contributed by atoms with Gasteiger partial charge in [0.2, 0.25) is 5.44 Å². The molecule has 2 aliphatic heterocycles. The fourth-order valence-corrected chi connectivity index (χ4v) is 8.88. The first kappa shape index (κ1) is 22.9. The van der Waals surface area contributed by atoms with Crippen LogP contribution < -0.4 is 11.0 Å². The summed E-state index contributed by atoms with van der Waals surface area (Å²) in [5.74, 6) is 2.59. The maximum Gasteiger partial charge on any atom is 0.380 e. The smallest absolute Gasteiger partial charge is 0.320 e. The van der Waals surface area contributed by atoms with Crippen molar-refractivity contribution >= 4 is 24.1 Å². The molecule has 2 N–H and O–H groups in total. The lowest BCUT2D eigenvalue weighted by Gasteiger charge is -2.55. The van der Waals surface area contributed by atoms with Crippen LogP contribution >= 0.6 is 7.60 Å². The SMILES string of the molecule is CC1C[C@H]2CC(N3[C@H]4CCC[C@H]3CC(n3c(=O)c(P(=O)(O)O)nc5ccccc53)C4)C[C@H](C1)C2. The molecule has 2 saturated heterocycles. The third kappa shape index (κ3) is 3.99. The highest BCUT2D eigenvalue weighted by atomic mass is 31.2. The second kappa shape index (κ2) is 8.55. The number of hydrogen-bond acceptors (Lipinski definition) is 4. The number of aromatic nitrogens is 2. The molecule has 2 aromatic rings. The molecule has 7 nitrogen and oxygen atoms in total. The zero-order valence-electron chi connectivity index (χ0n) is 19.9. The van der Waals surface area contributed by atoms with Crippen LogP contribution in [0.3, 0.4) is 0 Å². The quantitative estimate of drug-likeness (QED) is 0.639. The van der Waals surface area contributed by atoms with E-state index in [9.17, 15) is 19.1 Å². The normalized spacial score (nSPS) is 36.5. The number of fused-ring (bicyclic) bond motifs is 5. The summed E-state index contributed by atoms with van der Waals surface area (Å²) < 4.78 is 13.8. The molecule has 34 heavy (non-hydrogen) atoms. The van der Waals surface area contributed by atoms with Crippen LogP contribution in [0.5, 0.6) is 0 Å². The first-order valence-electron chi connectivity index (χ1n) is 13.1. The van der Waals surface area contributed by atoms with Gasteiger partial charge in [0, 0.05) is 24.2 Å². The molecule has 0 radical (unpaired) electrons. The molecule has 0 amide bonds. The third-order valence-corrected chi connectivity index (χ3v) is 10.0. The second-order valence-electron chi connectivity index (χ2n) is 11.6. The molecular formula is C26H36N3O4P. The van der Waals surface area contributed by atoms with Gasteiger partial charge in [0.25, 0.3) is 5.56 Å². The minimum Gasteiger partial charge on any atom is -0.320 e. The summed E-state index contributed by atoms with van der Waals surface area (Å²) >= 11 is 0. The van der Waals surface area contributed by atoms with Gasteiger partial charge in [-0.05, 0) is 87.7 Å². The van der Waals surface area contributed by atoms with Crippen molar-refractivity contribution < 1.29 is 14.4 Å². The van der Waals surface area contributed by atoms with Crippen LogP contribution in [0.1, 0.15) is 77.2 Å². The largest absolute Gasteiger partial charge is 0.380 e. The topological polar surface area (TPSA) is 95.7 Å². The minimum absolute atomic E-state index is 0.0552. The Morgan fingerprint density at radius 2 is 1.53 bits per heavy atom. The molecule has 4 bridgehead atoms. The Morgan fingerprint density at radius 3 is 2.18 bits per heavy atom. The molecule has 8 heteroatoms. The predicted molar refractivity (Wildman–Crippen MR) is 132 cm³/mol. The zero-order valence-corrected chi connectivity index (χ0v) is 20.8. The third-order valence-electron chi connectivity index (χ3n) is 9.20. The fraction of sp³-hybridized carbons (Fsp3) is 0.692. The summed E-state index contributed by atoms with van der Waals surface area (Å²) in [5.41, 5.74) is -0.0811. The van der Waals surface area contributed by atoms with Gasteiger partial charge in [-0.3, -0.25) is 14.3 Å². The van der Waals surface area contributed by atoms with Gasteiger partial charge in [0.05, 0.1) is 11.0 Å². The first-order valence-corrected chi connectivity index (χ1v) is 14.7. The van der Waals surface area contributed by atoms with Gasteiger partial charge < -0.3 is 14.4 Å². The average molecular weight is 486 g/mol. The van der Waals surface area contributed by atoms with Gasteiger partial charge in [-0.15, -0.1) is 0 Å². The van der Waals surface area contributed by atoms with E-state index in [1.54, 1.807) is 16.7 Å². The summed E-state index contributed by atoms with van der Waals surface area (Å²) in [6.45, 7) is 2.42. The molecular weight excluding hydrogens is 449 g/mol. The Bertz CT molecular complexity index is 1160. The van der Waals surface area contributed by atoms with Gasteiger partial charge in [0.1, 0.15) is 0 Å². The fourth-order valence-electron chi connectivity index (χ4n) is 8.28. The molecule has 0 spiro atoms. The summed E-state index contributed by atoms with van der Waals surface area (Å²) in [7, 11) is -4.77. The molecule has 2 saturated carbocycles. The number of para-hydroxylation sites is 2. The van der Waals surface area contributed by atoms with E-state index in [0.717, 1.165) is 43.4 Å². The van der Waals surface area contributed by atoms with Crippen molar-refractivity contribution in [2.75, 3.05) is 0 Å². The van der Waals surface area contributed by atoms with Crippen LogP contribution in [0, 0.1) is 17.8 Å². The summed E-state index contributed by atoms with van der Waals surface area (Å²) in [4.78, 5) is 40.0. The maximum absolute atomic E-state index is 13.4. The van der Waals surface area contributed by atoms with Gasteiger partial charge in [-0.2, -0.15) is 0 Å². The molecule has 4 atom stereocenters. The second-order valence-corrected chi connectivity index (χ2v) is 13.1. The van der Waals surface area contributed by atoms with E-state index in [2.05, 4.69) is 16.8 Å². The van der Waals surface area contributed by atoms with Crippen LogP contribution in [0.4, 0.5) is 0 Å². The Labute approximate surface area is 200 Å². The van der Waals surface area contributed by atoms with Crippen molar-refractivity contribution in [3.8, 4) is 0 Å². The highest BCUT2D eigenvalue weighted by molar-refractivity contribution is 7.59. The lowest BCUT2D eigenvalue weighted by atomic mass is 9.65. The highest BCUT2D eigenvalue weighted by Crippen LogP contribution is 2.48. The van der Waals surface area contributed by atoms with Gasteiger partial charge >= 0.3 is 7.60 Å². The van der Waals surface area contributed by atoms with Crippen molar-refractivity contribution in [1.82, 2.24) is 14.5 Å². The number of piperidine rings is 2. The Morgan fingerprint density at radius 1 is 0.882 bits per heavy atom. The molecule has 3 heterocycles. The molecule has 0 unspecified atom stereocenters. The molecule has 184 valence electrons. The van der Waals surface area contributed by atoms with Crippen LogP contribution in [0.25, 0.3) is 11.0 Å². The molecule has 2 aliphatic carbocycles. The zero-order chi connectivity index (χ0) is 23.6. The summed E-state index contributed by atoms with van der Waals surface area (Å²) in [5, 5.41) is 0. The number of hydrogen-bond donors (Lipinski definition) is 2. The standard InChI is InChI=1S/C26H36N3O4P/c1-16-9-17-11-18(10-16)13-21(12-17)28-19-5-4-6-20(28)15-22(14-19)29-24-8-3-2-7-23(24)27-25(26(29)30)34(31,32)33/h2-3,7-8,16-22H,4-6,9-15H2,1H3,(H2,31,32,33)/t16?,17-,18-,19+,20+,21?/m1/s1. The van der Waals surface area contributed by atoms with Gasteiger partial charge in [0.15, 0.2) is 0 Å². The van der Waals surface area contributed by atoms with Gasteiger partial charge in [-0.25, -0.2) is 4.98 Å². The number of rotatable bonds is 3. The van der Waals surface area contributed by atoms with Crippen LogP contribution in [-0.2, 0) is 4.57 Å². The maximum atomic E-state index is 13.4. The van der Waals surface area contributed by atoms with Crippen molar-refractivity contribution in [2.24, 2.45) is 17.8 Å². The summed E-state index contributed by atoms with van der Waals surface area (Å²) in [6, 6.07) is 8.75. The van der Waals surface area contributed by atoms with Crippen molar-refractivity contribution in [2.45, 2.75) is 95.3 Å². The van der Waals surface area contributed by atoms with Crippen LogP contribution in [0.15, 0.2) is 29.1 Å². The van der Waals surface area contributed by atoms with Crippen LogP contribution in [0.2, 0.25) is 0 Å². The van der Waals surface area contributed by atoms with Crippen LogP contribution in [-0.4, -0.2) is 42.4 Å². The Kier molecular flexibility index (Phi) is 5.76. The molecule has 4 aliphatic rings. The van der Waals surface area contributed by atoms with E-state index >= 15 is 0 Å². The van der Waals surface area contributed by atoms with E-state index in [-0.39, 0.29) is 6.04 Å². The molecule has 4 fully saturated rings. The highest BCUT2D eigenvalue weighted by Gasteiger charge is 2.46.